The Labute approximate surface area is 195 Å². The Morgan fingerprint density at radius 1 is 1.23 bits per heavy atom. The van der Waals surface area contributed by atoms with Crippen molar-refractivity contribution >= 4 is 41.0 Å². The first-order chi connectivity index (χ1) is 15.0. The smallest absolute Gasteiger partial charge is 0.293 e. The van der Waals surface area contributed by atoms with Crippen molar-refractivity contribution in [1.82, 2.24) is 0 Å². The molecule has 2 N–H and O–H groups in total. The zero-order chi connectivity index (χ0) is 23.8. The van der Waals surface area contributed by atoms with Crippen LogP contribution < -0.4 is 10.1 Å². The number of para-hydroxylation sites is 1. The van der Waals surface area contributed by atoms with Crippen LogP contribution in [0.2, 0.25) is 5.02 Å². The number of aromatic hydroxyl groups is 1. The van der Waals surface area contributed by atoms with Crippen LogP contribution in [-0.2, 0) is 14.3 Å². The minimum Gasteiger partial charge on any atom is -0.504 e. The van der Waals surface area contributed by atoms with Crippen molar-refractivity contribution in [2.75, 3.05) is 25.6 Å². The number of fused-ring (bicyclic) bond motifs is 1. The maximum Gasteiger partial charge on any atom is 0.293 e. The van der Waals surface area contributed by atoms with Gasteiger partial charge in [0, 0.05) is 21.8 Å². The van der Waals surface area contributed by atoms with Gasteiger partial charge in [0.15, 0.2) is 11.5 Å². The molecule has 172 valence electrons. The van der Waals surface area contributed by atoms with E-state index in [4.69, 9.17) is 33.3 Å². The average Bonchev–Trinajstić information content (AvgIpc) is 2.96. The van der Waals surface area contributed by atoms with Crippen LogP contribution >= 0.6 is 23.8 Å². The Hall–Kier alpha value is -2.35. The number of anilines is 1. The molecule has 0 fully saturated rings. The third-order valence-electron chi connectivity index (χ3n) is 3.72. The molecule has 0 amide bonds. The van der Waals surface area contributed by atoms with E-state index in [2.05, 4.69) is 10.1 Å². The van der Waals surface area contributed by atoms with Gasteiger partial charge >= 0.3 is 0 Å². The predicted molar refractivity (Wildman–Crippen MR) is 131 cm³/mol. The zero-order valence-corrected chi connectivity index (χ0v) is 20.5. The van der Waals surface area contributed by atoms with Gasteiger partial charge in [-0.3, -0.25) is 4.79 Å². The summed E-state index contributed by atoms with van der Waals surface area (Å²) in [6.07, 6.45) is -0.489. The number of methoxy groups -OCH3 is 1. The van der Waals surface area contributed by atoms with E-state index in [1.165, 1.54) is 7.11 Å². The van der Waals surface area contributed by atoms with Gasteiger partial charge < -0.3 is 24.6 Å². The van der Waals surface area contributed by atoms with Crippen molar-refractivity contribution in [2.45, 2.75) is 40.7 Å². The van der Waals surface area contributed by atoms with E-state index >= 15 is 0 Å². The third kappa shape index (κ3) is 8.73. The molecule has 1 heterocycles. The largest absolute Gasteiger partial charge is 0.504 e. The quantitative estimate of drug-likeness (QED) is 0.411. The number of ether oxygens (including phenoxy) is 3. The number of carbonyl (C=O) groups is 1. The van der Waals surface area contributed by atoms with Gasteiger partial charge in [-0.05, 0) is 31.2 Å². The number of thiocarbonyl (C=S) groups is 1. The average molecular weight is 470 g/mol. The van der Waals surface area contributed by atoms with E-state index in [1.807, 2.05) is 33.8 Å². The molecule has 0 spiro atoms. The van der Waals surface area contributed by atoms with Crippen LogP contribution in [-0.4, -0.2) is 36.9 Å². The van der Waals surface area contributed by atoms with Crippen molar-refractivity contribution in [1.29, 1.82) is 0 Å². The zero-order valence-electron chi connectivity index (χ0n) is 18.9. The van der Waals surface area contributed by atoms with Gasteiger partial charge in [0.2, 0.25) is 0 Å². The van der Waals surface area contributed by atoms with E-state index in [1.54, 1.807) is 37.3 Å². The van der Waals surface area contributed by atoms with E-state index in [-0.39, 0.29) is 12.4 Å². The molecule has 1 aliphatic rings. The molecule has 2 aromatic carbocycles. The minimum absolute atomic E-state index is 0.0498. The molecule has 0 unspecified atom stereocenters. The van der Waals surface area contributed by atoms with E-state index < -0.39 is 6.10 Å². The molecule has 0 aromatic heterocycles. The molecule has 8 heteroatoms. The number of hydrogen-bond acceptors (Lipinski definition) is 6. The second-order valence-corrected chi connectivity index (χ2v) is 6.35. The topological polar surface area (TPSA) is 77.0 Å². The fourth-order valence-electron chi connectivity index (χ4n) is 2.54. The Balaban J connectivity index is 0.000000867. The van der Waals surface area contributed by atoms with Crippen molar-refractivity contribution in [3.05, 3.63) is 52.5 Å². The Bertz CT molecular complexity index is 817. The summed E-state index contributed by atoms with van der Waals surface area (Å²) >= 11 is 11.3. The summed E-state index contributed by atoms with van der Waals surface area (Å²) < 4.78 is 15.2. The maximum atomic E-state index is 10.4. The first-order valence-electron chi connectivity index (χ1n) is 10.1. The molecule has 0 aliphatic carbocycles. The lowest BCUT2D eigenvalue weighted by Gasteiger charge is -2.20. The molecule has 6 nitrogen and oxygen atoms in total. The standard InChI is InChI=1S/C16H14ClNO3S.C3H6O2.2C2H6/c1-20-13-4-2-3-10(15(13)19)16-11-7-9(17)5-6-12(11)18-14(22)8-21-16;1-2-5-3-4;2*1-2/h2-7,16,19H,8H2,1H3,(H,18,22);3H,2H2,1H3;2*1-2H3/t16-;;;/m1.../s1. The Morgan fingerprint density at radius 2 is 1.90 bits per heavy atom. The van der Waals surface area contributed by atoms with Gasteiger partial charge in [-0.15, -0.1) is 0 Å². The van der Waals surface area contributed by atoms with Crippen LogP contribution in [0.5, 0.6) is 11.5 Å². The summed E-state index contributed by atoms with van der Waals surface area (Å²) in [5.41, 5.74) is 2.24. The van der Waals surface area contributed by atoms with E-state index in [0.29, 0.717) is 34.4 Å². The predicted octanol–water partition coefficient (Wildman–Crippen LogP) is 6.14. The first-order valence-corrected chi connectivity index (χ1v) is 10.9. The fraction of sp³-hybridized carbons (Fsp3) is 0.391. The number of nitrogens with one attached hydrogen (secondary N) is 1. The maximum absolute atomic E-state index is 10.4. The summed E-state index contributed by atoms with van der Waals surface area (Å²) in [7, 11) is 1.51. The molecule has 1 atom stereocenters. The van der Waals surface area contributed by atoms with Crippen molar-refractivity contribution in [3.63, 3.8) is 0 Å². The monoisotopic (exact) mass is 469 g/mol. The van der Waals surface area contributed by atoms with Gasteiger partial charge in [0.1, 0.15) is 11.1 Å². The Kier molecular flexibility index (Phi) is 15.1. The molecular weight excluding hydrogens is 438 g/mol. The van der Waals surface area contributed by atoms with Crippen LogP contribution in [0.1, 0.15) is 51.8 Å². The number of phenols is 1. The number of carbonyl (C=O) groups excluding carboxylic acids is 1. The molecule has 2 aromatic rings. The van der Waals surface area contributed by atoms with Crippen LogP contribution in [0.3, 0.4) is 0 Å². The molecular formula is C23H32ClNO5S. The first kappa shape index (κ1) is 28.6. The number of halogens is 1. The van der Waals surface area contributed by atoms with Crippen LogP contribution in [0.4, 0.5) is 5.69 Å². The van der Waals surface area contributed by atoms with Crippen LogP contribution in [0, 0.1) is 0 Å². The highest BCUT2D eigenvalue weighted by Gasteiger charge is 2.26. The molecule has 3 rings (SSSR count). The fourth-order valence-corrected chi connectivity index (χ4v) is 2.90. The normalized spacial score (nSPS) is 13.8. The minimum atomic E-state index is -0.489. The summed E-state index contributed by atoms with van der Waals surface area (Å²) in [6.45, 7) is 10.9. The highest BCUT2D eigenvalue weighted by Crippen LogP contribution is 2.41. The van der Waals surface area contributed by atoms with Crippen LogP contribution in [0.15, 0.2) is 36.4 Å². The highest BCUT2D eigenvalue weighted by atomic mass is 35.5. The number of hydrogen-bond donors (Lipinski definition) is 2. The lowest BCUT2D eigenvalue weighted by molar-refractivity contribution is -0.128. The van der Waals surface area contributed by atoms with Crippen molar-refractivity contribution in [2.24, 2.45) is 0 Å². The molecule has 0 bridgehead atoms. The lowest BCUT2D eigenvalue weighted by Crippen LogP contribution is -2.13. The molecule has 0 saturated heterocycles. The Morgan fingerprint density at radius 3 is 2.45 bits per heavy atom. The second-order valence-electron chi connectivity index (χ2n) is 5.42. The summed E-state index contributed by atoms with van der Waals surface area (Å²) in [6, 6.07) is 10.7. The molecule has 0 radical (unpaired) electrons. The number of rotatable bonds is 4. The third-order valence-corrected chi connectivity index (χ3v) is 4.17. The van der Waals surface area contributed by atoms with Gasteiger partial charge in [-0.2, -0.15) is 0 Å². The van der Waals surface area contributed by atoms with E-state index in [9.17, 15) is 9.90 Å². The van der Waals surface area contributed by atoms with Gasteiger partial charge in [0.25, 0.3) is 6.47 Å². The SMILES string of the molecule is CC.CC.CCOC=O.COc1cccc([C@H]2OCC(=S)Nc3ccc(Cl)cc32)c1O. The summed E-state index contributed by atoms with van der Waals surface area (Å²) in [5, 5.41) is 14.1. The summed E-state index contributed by atoms with van der Waals surface area (Å²) in [5.74, 6) is 0.443. The molecule has 0 saturated carbocycles. The van der Waals surface area contributed by atoms with E-state index in [0.717, 1.165) is 11.3 Å². The van der Waals surface area contributed by atoms with Crippen molar-refractivity contribution < 1.29 is 24.1 Å². The van der Waals surface area contributed by atoms with Crippen LogP contribution in [0.25, 0.3) is 0 Å². The second kappa shape index (κ2) is 16.4. The lowest BCUT2D eigenvalue weighted by atomic mass is 9.98. The number of phenolic OH excluding ortho intramolecular Hbond substituents is 1. The van der Waals surface area contributed by atoms with Gasteiger partial charge in [0.05, 0.1) is 20.3 Å². The number of benzene rings is 2. The van der Waals surface area contributed by atoms with Gasteiger partial charge in [-0.25, -0.2) is 0 Å². The molecule has 31 heavy (non-hydrogen) atoms. The highest BCUT2D eigenvalue weighted by molar-refractivity contribution is 7.80. The summed E-state index contributed by atoms with van der Waals surface area (Å²) in [4.78, 5) is 9.76. The van der Waals surface area contributed by atoms with Crippen molar-refractivity contribution in [3.8, 4) is 11.5 Å². The van der Waals surface area contributed by atoms with Gasteiger partial charge in [-0.1, -0.05) is 63.6 Å². The molecule has 1 aliphatic heterocycles.